The molecule has 0 atom stereocenters. The standard InChI is InChI=1S/C12H9ClO3S.C9H6ClNO2S.C8H9ClO3S.C7H4ClF3O2S.C3H7ClO2S/c13-17(14,15)12-8-6-11(7-9-12)16-10-4-2-1-3-5-10;10-14(12,13)8-5-1-3-7-4-2-6-11-9(7)8;1-6-3-4-8(13(9,10)11)7(5-6)12-2;8-14(12,13)6-4-2-1-3-5(6)7(9,10)11;1-2-3-7(4,5)6/h1-9H;1-6H;3-5H,1-2H3;1-4H;2-3H2,1H3. The molecule has 6 rings (SSSR count). The Kier molecular flexibility index (Phi) is 21.8. The normalized spacial score (nSPS) is 11.7. The number of hydrogen-bond acceptors (Lipinski definition) is 13. The van der Waals surface area contributed by atoms with Gasteiger partial charge >= 0.3 is 6.18 Å². The Bertz CT molecular complexity index is 3090. The zero-order chi connectivity index (χ0) is 49.4. The van der Waals surface area contributed by atoms with Crippen LogP contribution in [-0.4, -0.2) is 59.9 Å². The highest BCUT2D eigenvalue weighted by molar-refractivity contribution is 8.15. The lowest BCUT2D eigenvalue weighted by atomic mass is 10.2. The van der Waals surface area contributed by atoms with E-state index >= 15 is 0 Å². The number of halogens is 8. The summed E-state index contributed by atoms with van der Waals surface area (Å²) in [6.07, 6.45) is -2.60. The molecule has 5 aromatic carbocycles. The van der Waals surface area contributed by atoms with E-state index in [0.29, 0.717) is 29.5 Å². The minimum Gasteiger partial charge on any atom is -0.495 e. The van der Waals surface area contributed by atoms with Crippen LogP contribution in [0, 0.1) is 6.92 Å². The Balaban J connectivity index is 0.000000285. The predicted molar refractivity (Wildman–Crippen MR) is 246 cm³/mol. The van der Waals surface area contributed by atoms with Gasteiger partial charge in [-0.1, -0.05) is 61.5 Å². The van der Waals surface area contributed by atoms with Crippen LogP contribution in [0.2, 0.25) is 0 Å². The number of alkyl halides is 3. The smallest absolute Gasteiger partial charge is 0.417 e. The molecule has 6 aromatic rings. The molecule has 0 spiro atoms. The summed E-state index contributed by atoms with van der Waals surface area (Å²) < 4.78 is 155. The summed E-state index contributed by atoms with van der Waals surface area (Å²) in [5, 5.41) is 0.759. The van der Waals surface area contributed by atoms with E-state index in [0.717, 1.165) is 23.1 Å². The van der Waals surface area contributed by atoms with Crippen LogP contribution in [0.4, 0.5) is 13.2 Å². The Hall–Kier alpha value is -3.90. The first kappa shape index (κ1) is 57.2. The van der Waals surface area contributed by atoms with Crippen LogP contribution in [0.25, 0.3) is 10.9 Å². The lowest BCUT2D eigenvalue weighted by molar-refractivity contribution is -0.139. The number of nitrogens with zero attached hydrogens (tertiary/aromatic N) is 1. The van der Waals surface area contributed by atoms with Crippen LogP contribution < -0.4 is 9.47 Å². The van der Waals surface area contributed by atoms with E-state index in [2.05, 4.69) is 4.98 Å². The molecule has 0 unspecified atom stereocenters. The highest BCUT2D eigenvalue weighted by Crippen LogP contribution is 2.35. The zero-order valence-corrected chi connectivity index (χ0v) is 41.4. The topological polar surface area (TPSA) is 202 Å². The molecule has 0 radical (unpaired) electrons. The van der Waals surface area contributed by atoms with E-state index < -0.39 is 61.9 Å². The van der Waals surface area contributed by atoms with Gasteiger partial charge in [0.1, 0.15) is 27.0 Å². The minimum atomic E-state index is -4.72. The van der Waals surface area contributed by atoms with E-state index in [1.165, 1.54) is 43.6 Å². The second-order valence-corrected chi connectivity index (χ2v) is 25.4. The third-order valence-electron chi connectivity index (χ3n) is 7.43. The summed E-state index contributed by atoms with van der Waals surface area (Å²) in [6.45, 7) is 3.60. The fourth-order valence-corrected chi connectivity index (χ4v) is 9.52. The molecule has 26 heteroatoms. The minimum absolute atomic E-state index is 0.00210. The highest BCUT2D eigenvalue weighted by Gasteiger charge is 2.36. The number of pyridine rings is 1. The van der Waals surface area contributed by atoms with E-state index in [1.54, 1.807) is 55.5 Å². The number of para-hydroxylation sites is 2. The first-order valence-electron chi connectivity index (χ1n) is 17.6. The second kappa shape index (κ2) is 24.7. The molecule has 354 valence electrons. The monoisotopic (exact) mass is 1100 g/mol. The molecule has 65 heavy (non-hydrogen) atoms. The lowest BCUT2D eigenvalue weighted by Crippen LogP contribution is -2.10. The van der Waals surface area contributed by atoms with E-state index in [4.69, 9.17) is 62.9 Å². The quantitative estimate of drug-likeness (QED) is 0.124. The molecular formula is C39H35Cl5F3NO12S5. The molecule has 0 N–H and O–H groups in total. The molecule has 0 amide bonds. The fourth-order valence-electron chi connectivity index (χ4n) is 4.70. The van der Waals surface area contributed by atoms with Gasteiger partial charge in [-0.15, -0.1) is 0 Å². The van der Waals surface area contributed by atoms with Crippen LogP contribution in [0.1, 0.15) is 24.5 Å². The summed E-state index contributed by atoms with van der Waals surface area (Å²) in [5.74, 6) is 1.60. The van der Waals surface area contributed by atoms with Crippen molar-refractivity contribution >= 4 is 110 Å². The number of aryl methyl sites for hydroxylation is 1. The number of ether oxygens (including phenoxy) is 2. The van der Waals surface area contributed by atoms with Crippen molar-refractivity contribution in [1.29, 1.82) is 0 Å². The number of hydrogen-bond donors (Lipinski definition) is 0. The van der Waals surface area contributed by atoms with E-state index in [9.17, 15) is 55.3 Å². The second-order valence-electron chi connectivity index (χ2n) is 12.4. The Labute approximate surface area is 397 Å². The van der Waals surface area contributed by atoms with E-state index in [1.807, 2.05) is 37.3 Å². The predicted octanol–water partition coefficient (Wildman–Crippen LogP) is 11.1. The largest absolute Gasteiger partial charge is 0.495 e. The third-order valence-corrected chi connectivity index (χ3v) is 14.3. The van der Waals surface area contributed by atoms with Crippen molar-refractivity contribution in [3.8, 4) is 17.2 Å². The number of benzene rings is 5. The SMILES string of the molecule is CCCS(=O)(=O)Cl.COc1cc(C)ccc1S(=O)(=O)Cl.O=S(=O)(Cl)c1ccc(Oc2ccccc2)cc1.O=S(=O)(Cl)c1cccc2cccnc12.O=S(=O)(Cl)c1ccccc1C(F)(F)F. The first-order chi connectivity index (χ1) is 29.9. The maximum absolute atomic E-state index is 12.3. The van der Waals surface area contributed by atoms with Crippen molar-refractivity contribution in [2.24, 2.45) is 0 Å². The van der Waals surface area contributed by atoms with Gasteiger partial charge in [-0.2, -0.15) is 13.2 Å². The van der Waals surface area contributed by atoms with Gasteiger partial charge in [0.25, 0.3) is 36.2 Å². The molecule has 0 aliphatic rings. The molecule has 0 aliphatic carbocycles. The molecule has 0 fully saturated rings. The highest BCUT2D eigenvalue weighted by atomic mass is 35.7. The average Bonchev–Trinajstić information content (AvgIpc) is 3.20. The van der Waals surface area contributed by atoms with Crippen LogP contribution in [0.15, 0.2) is 153 Å². The molecule has 0 bridgehead atoms. The summed E-state index contributed by atoms with van der Waals surface area (Å²) >= 11 is 0. The van der Waals surface area contributed by atoms with Crippen molar-refractivity contribution < 1.29 is 64.7 Å². The van der Waals surface area contributed by atoms with Crippen molar-refractivity contribution in [2.75, 3.05) is 12.9 Å². The molecule has 13 nitrogen and oxygen atoms in total. The van der Waals surface area contributed by atoms with Gasteiger partial charge in [0.15, 0.2) is 0 Å². The molecule has 1 heterocycles. The van der Waals surface area contributed by atoms with Gasteiger partial charge in [0, 0.05) is 65.0 Å². The van der Waals surface area contributed by atoms with Gasteiger partial charge < -0.3 is 9.47 Å². The Morgan fingerprint density at radius 3 is 1.54 bits per heavy atom. The number of methoxy groups -OCH3 is 1. The number of rotatable bonds is 9. The summed E-state index contributed by atoms with van der Waals surface area (Å²) in [4.78, 5) is 3.17. The van der Waals surface area contributed by atoms with Crippen molar-refractivity contribution in [1.82, 2.24) is 4.98 Å². The molecule has 0 aliphatic heterocycles. The fraction of sp³-hybridized carbons (Fsp3) is 0.154. The van der Waals surface area contributed by atoms with Gasteiger partial charge in [0.05, 0.1) is 33.7 Å². The molecule has 1 aromatic heterocycles. The summed E-state index contributed by atoms with van der Waals surface area (Å²) in [5.41, 5.74) is 0.0703. The lowest BCUT2D eigenvalue weighted by Gasteiger charge is -2.09. The maximum atomic E-state index is 12.3. The van der Waals surface area contributed by atoms with Crippen LogP contribution in [-0.2, 0) is 51.4 Å². The first-order valence-corrected chi connectivity index (χ1v) is 29.3. The van der Waals surface area contributed by atoms with Gasteiger partial charge in [-0.3, -0.25) is 4.98 Å². The van der Waals surface area contributed by atoms with Gasteiger partial charge in [0.2, 0.25) is 9.05 Å². The van der Waals surface area contributed by atoms with Gasteiger partial charge in [-0.05, 0) is 91.7 Å². The Morgan fingerprint density at radius 1 is 0.569 bits per heavy atom. The van der Waals surface area contributed by atoms with Crippen LogP contribution >= 0.6 is 53.4 Å². The van der Waals surface area contributed by atoms with Crippen LogP contribution in [0.3, 0.4) is 0 Å². The van der Waals surface area contributed by atoms with Crippen molar-refractivity contribution in [3.05, 3.63) is 145 Å². The molecule has 0 saturated heterocycles. The molecular weight excluding hydrogens is 1070 g/mol. The van der Waals surface area contributed by atoms with Crippen molar-refractivity contribution in [3.63, 3.8) is 0 Å². The summed E-state index contributed by atoms with van der Waals surface area (Å²) in [6, 6.07) is 32.0. The van der Waals surface area contributed by atoms with E-state index in [-0.39, 0.29) is 26.2 Å². The summed E-state index contributed by atoms with van der Waals surface area (Å²) in [7, 11) is 8.03. The van der Waals surface area contributed by atoms with Gasteiger partial charge in [-0.25, -0.2) is 42.1 Å². The average molecular weight is 1100 g/mol. The van der Waals surface area contributed by atoms with Crippen molar-refractivity contribution in [2.45, 2.75) is 46.0 Å². The molecule has 0 saturated carbocycles. The zero-order valence-electron chi connectivity index (χ0n) is 33.5. The Morgan fingerprint density at radius 2 is 1.08 bits per heavy atom. The maximum Gasteiger partial charge on any atom is 0.417 e. The number of fused-ring (bicyclic) bond motifs is 1. The number of aromatic nitrogens is 1. The van der Waals surface area contributed by atoms with Crippen LogP contribution in [0.5, 0.6) is 17.2 Å². The third kappa shape index (κ3) is 20.7.